The van der Waals surface area contributed by atoms with Gasteiger partial charge in [0, 0.05) is 6.07 Å². The molecule has 0 atom stereocenters. The normalized spacial score (nSPS) is 9.25. The average Bonchev–Trinajstić information content (AvgIpc) is 2.25. The maximum absolute atomic E-state index is 11.4. The third-order valence-electron chi connectivity index (χ3n) is 1.64. The predicted molar refractivity (Wildman–Crippen MR) is 53.3 cm³/mol. The highest BCUT2D eigenvalue weighted by Gasteiger charge is 2.18. The molecule has 84 valence electrons. The molecule has 0 radical (unpaired) electrons. The maximum atomic E-state index is 11.4. The summed E-state index contributed by atoms with van der Waals surface area (Å²) in [5.74, 6) is -0.814. The molecule has 0 aliphatic carbocycles. The van der Waals surface area contributed by atoms with E-state index in [0.717, 1.165) is 0 Å². The Morgan fingerprint density at radius 3 is 2.44 bits per heavy atom. The Morgan fingerprint density at radius 1 is 1.25 bits per heavy atom. The molecule has 1 aromatic rings. The molecule has 0 heterocycles. The first kappa shape index (κ1) is 11.4. The SMILES string of the molecule is NC(=O)NNC(=O)c1ccccc1[N+](=O)[O-]. The number of hydrogen-bond acceptors (Lipinski definition) is 4. The van der Waals surface area contributed by atoms with Gasteiger partial charge in [-0.05, 0) is 6.07 Å². The third-order valence-corrected chi connectivity index (χ3v) is 1.64. The van der Waals surface area contributed by atoms with Gasteiger partial charge in [-0.3, -0.25) is 20.3 Å². The van der Waals surface area contributed by atoms with Crippen LogP contribution in [-0.2, 0) is 0 Å². The van der Waals surface area contributed by atoms with E-state index in [1.165, 1.54) is 24.3 Å². The molecule has 0 bridgehead atoms. The standard InChI is InChI=1S/C8H8N4O4/c9-8(14)11-10-7(13)5-3-1-2-4-6(5)12(15)16/h1-4H,(H,10,13)(H3,9,11,14). The Morgan fingerprint density at radius 2 is 1.88 bits per heavy atom. The van der Waals surface area contributed by atoms with Crippen LogP contribution in [0.1, 0.15) is 10.4 Å². The van der Waals surface area contributed by atoms with Gasteiger partial charge in [-0.15, -0.1) is 0 Å². The molecule has 0 saturated carbocycles. The number of urea groups is 1. The number of carbonyl (C=O) groups excluding carboxylic acids is 2. The fourth-order valence-corrected chi connectivity index (χ4v) is 1.01. The van der Waals surface area contributed by atoms with Crippen LogP contribution in [-0.4, -0.2) is 16.9 Å². The summed E-state index contributed by atoms with van der Waals surface area (Å²) in [5, 5.41) is 10.6. The molecular weight excluding hydrogens is 216 g/mol. The minimum atomic E-state index is -0.966. The lowest BCUT2D eigenvalue weighted by atomic mass is 10.2. The van der Waals surface area contributed by atoms with Crippen LogP contribution in [0.5, 0.6) is 0 Å². The van der Waals surface area contributed by atoms with Crippen molar-refractivity contribution in [3.8, 4) is 0 Å². The Hall–Kier alpha value is -2.64. The topological polar surface area (TPSA) is 127 Å². The molecule has 1 aromatic carbocycles. The number of hydrogen-bond donors (Lipinski definition) is 3. The van der Waals surface area contributed by atoms with Crippen molar-refractivity contribution in [1.82, 2.24) is 10.9 Å². The highest BCUT2D eigenvalue weighted by atomic mass is 16.6. The quantitative estimate of drug-likeness (QED) is 0.479. The van der Waals surface area contributed by atoms with Gasteiger partial charge in [0.25, 0.3) is 11.6 Å². The predicted octanol–water partition coefficient (Wildman–Crippen LogP) is -0.0921. The van der Waals surface area contributed by atoms with E-state index >= 15 is 0 Å². The molecule has 0 fully saturated rings. The van der Waals surface area contributed by atoms with Crippen molar-refractivity contribution < 1.29 is 14.5 Å². The smallest absolute Gasteiger partial charge is 0.330 e. The molecule has 0 aromatic heterocycles. The van der Waals surface area contributed by atoms with Crippen LogP contribution >= 0.6 is 0 Å². The molecule has 0 aliphatic heterocycles. The van der Waals surface area contributed by atoms with Crippen LogP contribution in [0.2, 0.25) is 0 Å². The molecular formula is C8H8N4O4. The van der Waals surface area contributed by atoms with Gasteiger partial charge in [0.1, 0.15) is 5.56 Å². The van der Waals surface area contributed by atoms with Crippen LogP contribution in [0.25, 0.3) is 0 Å². The second-order valence-electron chi connectivity index (χ2n) is 2.72. The number of primary amides is 1. The number of rotatable bonds is 2. The number of nitro groups is 1. The number of amides is 3. The Balaban J connectivity index is 2.90. The Kier molecular flexibility index (Phi) is 3.38. The highest BCUT2D eigenvalue weighted by Crippen LogP contribution is 2.16. The molecule has 3 amide bonds. The molecule has 8 nitrogen and oxygen atoms in total. The van der Waals surface area contributed by atoms with Crippen molar-refractivity contribution >= 4 is 17.6 Å². The first-order chi connectivity index (χ1) is 7.52. The van der Waals surface area contributed by atoms with Gasteiger partial charge in [-0.25, -0.2) is 10.2 Å². The summed E-state index contributed by atoms with van der Waals surface area (Å²) < 4.78 is 0. The van der Waals surface area contributed by atoms with Crippen LogP contribution in [0.3, 0.4) is 0 Å². The number of nitrogens with two attached hydrogens (primary N) is 1. The zero-order valence-electron chi connectivity index (χ0n) is 7.97. The minimum absolute atomic E-state index is 0.166. The van der Waals surface area contributed by atoms with Gasteiger partial charge < -0.3 is 5.73 Å². The second kappa shape index (κ2) is 4.73. The van der Waals surface area contributed by atoms with E-state index < -0.39 is 16.9 Å². The number of carbonyl (C=O) groups is 2. The van der Waals surface area contributed by atoms with Crippen molar-refractivity contribution in [2.75, 3.05) is 0 Å². The van der Waals surface area contributed by atoms with Crippen LogP contribution in [0, 0.1) is 10.1 Å². The molecule has 16 heavy (non-hydrogen) atoms. The average molecular weight is 224 g/mol. The van der Waals surface area contributed by atoms with Gasteiger partial charge in [0.05, 0.1) is 4.92 Å². The maximum Gasteiger partial charge on any atom is 0.330 e. The fraction of sp³-hybridized carbons (Fsp3) is 0. The van der Waals surface area contributed by atoms with Gasteiger partial charge in [0.2, 0.25) is 0 Å². The fourth-order valence-electron chi connectivity index (χ4n) is 1.01. The summed E-state index contributed by atoms with van der Waals surface area (Å²) in [5.41, 5.74) is 7.95. The van der Waals surface area contributed by atoms with Gasteiger partial charge in [0.15, 0.2) is 0 Å². The van der Waals surface area contributed by atoms with Crippen molar-refractivity contribution in [3.05, 3.63) is 39.9 Å². The lowest BCUT2D eigenvalue weighted by Crippen LogP contribution is -2.44. The van der Waals surface area contributed by atoms with E-state index in [1.54, 1.807) is 0 Å². The monoisotopic (exact) mass is 224 g/mol. The summed E-state index contributed by atoms with van der Waals surface area (Å²) in [7, 11) is 0. The van der Waals surface area contributed by atoms with Crippen LogP contribution in [0.4, 0.5) is 10.5 Å². The number of nitro benzene ring substituents is 1. The van der Waals surface area contributed by atoms with Gasteiger partial charge in [-0.1, -0.05) is 12.1 Å². The van der Waals surface area contributed by atoms with E-state index in [-0.39, 0.29) is 11.3 Å². The van der Waals surface area contributed by atoms with Crippen LogP contribution in [0.15, 0.2) is 24.3 Å². The largest absolute Gasteiger partial charge is 0.350 e. The summed E-state index contributed by atoms with van der Waals surface area (Å²) in [6, 6.07) is 4.37. The van der Waals surface area contributed by atoms with Crippen molar-refractivity contribution in [2.45, 2.75) is 0 Å². The molecule has 0 spiro atoms. The number of para-hydroxylation sites is 1. The van der Waals surface area contributed by atoms with Crippen molar-refractivity contribution in [3.63, 3.8) is 0 Å². The Bertz CT molecular complexity index is 445. The molecule has 4 N–H and O–H groups in total. The molecule has 1 rings (SSSR count). The van der Waals surface area contributed by atoms with E-state index in [0.29, 0.717) is 0 Å². The van der Waals surface area contributed by atoms with E-state index in [9.17, 15) is 19.7 Å². The summed E-state index contributed by atoms with van der Waals surface area (Å²) in [6.07, 6.45) is 0. The van der Waals surface area contributed by atoms with Crippen molar-refractivity contribution in [2.24, 2.45) is 5.73 Å². The first-order valence-electron chi connectivity index (χ1n) is 4.11. The molecule has 0 saturated heterocycles. The van der Waals surface area contributed by atoms with E-state index in [4.69, 9.17) is 5.73 Å². The Labute approximate surface area is 89.5 Å². The number of nitrogens with zero attached hydrogens (tertiary/aromatic N) is 1. The van der Waals surface area contributed by atoms with E-state index in [2.05, 4.69) is 0 Å². The van der Waals surface area contributed by atoms with Crippen molar-refractivity contribution in [1.29, 1.82) is 0 Å². The molecule has 0 aliphatic rings. The molecule has 0 unspecified atom stereocenters. The summed E-state index contributed by atoms with van der Waals surface area (Å²) >= 11 is 0. The number of hydrazine groups is 1. The highest BCUT2D eigenvalue weighted by molar-refractivity contribution is 5.98. The molecule has 8 heteroatoms. The van der Waals surface area contributed by atoms with Gasteiger partial charge >= 0.3 is 6.03 Å². The lowest BCUT2D eigenvalue weighted by Gasteiger charge is -2.04. The number of nitrogens with one attached hydrogen (secondary N) is 2. The third kappa shape index (κ3) is 2.67. The van der Waals surface area contributed by atoms with E-state index in [1.807, 2.05) is 10.9 Å². The zero-order valence-corrected chi connectivity index (χ0v) is 7.97. The van der Waals surface area contributed by atoms with Crippen LogP contribution < -0.4 is 16.6 Å². The van der Waals surface area contributed by atoms with Gasteiger partial charge in [-0.2, -0.15) is 0 Å². The number of benzene rings is 1. The second-order valence-corrected chi connectivity index (χ2v) is 2.72. The zero-order chi connectivity index (χ0) is 12.1. The lowest BCUT2D eigenvalue weighted by molar-refractivity contribution is -0.385. The summed E-state index contributed by atoms with van der Waals surface area (Å²) in [4.78, 5) is 31.6. The minimum Gasteiger partial charge on any atom is -0.350 e. The summed E-state index contributed by atoms with van der Waals surface area (Å²) in [6.45, 7) is 0. The first-order valence-corrected chi connectivity index (χ1v) is 4.11.